The van der Waals surface area contributed by atoms with Crippen LogP contribution in [0.15, 0.2) is 26.1 Å². The van der Waals surface area contributed by atoms with Gasteiger partial charge in [-0.2, -0.15) is 11.3 Å². The highest BCUT2D eigenvalue weighted by Crippen LogP contribution is 2.21. The Labute approximate surface area is 115 Å². The van der Waals surface area contributed by atoms with Crippen LogP contribution < -0.4 is 4.72 Å². The Morgan fingerprint density at radius 3 is 2.63 bits per heavy atom. The van der Waals surface area contributed by atoms with Gasteiger partial charge in [-0.25, -0.2) is 13.1 Å². The molecule has 0 saturated carbocycles. The van der Waals surface area contributed by atoms with Gasteiger partial charge in [0, 0.05) is 12.6 Å². The van der Waals surface area contributed by atoms with E-state index in [1.165, 1.54) is 17.4 Å². The first-order valence-corrected chi connectivity index (χ1v) is 8.08. The van der Waals surface area contributed by atoms with Gasteiger partial charge in [-0.05, 0) is 35.7 Å². The fraction of sp³-hybridized carbons (Fsp3) is 0.333. The van der Waals surface area contributed by atoms with Crippen LogP contribution in [-0.4, -0.2) is 13.5 Å². The Morgan fingerprint density at radius 1 is 1.37 bits per heavy atom. The van der Waals surface area contributed by atoms with E-state index in [1.807, 2.05) is 17.7 Å². The van der Waals surface area contributed by atoms with Gasteiger partial charge in [-0.15, -0.1) is 0 Å². The van der Waals surface area contributed by atoms with Gasteiger partial charge in [-0.3, -0.25) is 0 Å². The second-order valence-corrected chi connectivity index (χ2v) is 6.67. The Kier molecular flexibility index (Phi) is 4.10. The predicted molar refractivity (Wildman–Crippen MR) is 72.4 cm³/mol. The molecule has 2 rings (SSSR count). The summed E-state index contributed by atoms with van der Waals surface area (Å²) < 4.78 is 32.0. The maximum atomic E-state index is 12.1. The second-order valence-electron chi connectivity index (χ2n) is 4.20. The highest BCUT2D eigenvalue weighted by atomic mass is 32.2. The van der Waals surface area contributed by atoms with Crippen LogP contribution in [0.3, 0.4) is 0 Å². The Hall–Kier alpha value is -1.15. The van der Waals surface area contributed by atoms with E-state index in [9.17, 15) is 8.42 Å². The molecule has 0 unspecified atom stereocenters. The number of aliphatic hydroxyl groups excluding tert-OH is 1. The minimum Gasteiger partial charge on any atom is -0.462 e. The van der Waals surface area contributed by atoms with Gasteiger partial charge >= 0.3 is 0 Å². The summed E-state index contributed by atoms with van der Waals surface area (Å²) in [5, 5.41) is 12.8. The standard InChI is InChI=1S/C12H15NO4S2/c1-8-6-18-7-10(8)4-13-19(15,16)12-3-11(5-14)17-9(12)2/h3,6-7,13-14H,4-5H2,1-2H3. The van der Waals surface area contributed by atoms with E-state index in [0.29, 0.717) is 0 Å². The monoisotopic (exact) mass is 301 g/mol. The molecule has 0 aliphatic carbocycles. The number of hydrogen-bond acceptors (Lipinski definition) is 5. The molecule has 0 atom stereocenters. The SMILES string of the molecule is Cc1cscc1CNS(=O)(=O)c1cc(CO)oc1C. The molecule has 0 bridgehead atoms. The van der Waals surface area contributed by atoms with Crippen LogP contribution in [-0.2, 0) is 23.2 Å². The normalized spacial score (nSPS) is 11.9. The van der Waals surface area contributed by atoms with Crippen molar-refractivity contribution < 1.29 is 17.9 Å². The summed E-state index contributed by atoms with van der Waals surface area (Å²) in [5.41, 5.74) is 2.02. The van der Waals surface area contributed by atoms with E-state index in [0.717, 1.165) is 11.1 Å². The maximum Gasteiger partial charge on any atom is 0.244 e. The van der Waals surface area contributed by atoms with E-state index in [4.69, 9.17) is 9.52 Å². The van der Waals surface area contributed by atoms with Crippen molar-refractivity contribution in [2.24, 2.45) is 0 Å². The summed E-state index contributed by atoms with van der Waals surface area (Å²) in [4.78, 5) is 0.0735. The zero-order valence-electron chi connectivity index (χ0n) is 10.6. The van der Waals surface area contributed by atoms with Crippen LogP contribution in [0.1, 0.15) is 22.6 Å². The summed E-state index contributed by atoms with van der Waals surface area (Å²) in [6.45, 7) is 3.42. The van der Waals surface area contributed by atoms with Gasteiger partial charge in [0.2, 0.25) is 10.0 Å². The van der Waals surface area contributed by atoms with Crippen molar-refractivity contribution in [2.75, 3.05) is 0 Å². The van der Waals surface area contributed by atoms with Crippen molar-refractivity contribution in [3.05, 3.63) is 39.5 Å². The molecule has 2 aromatic heterocycles. The lowest BCUT2D eigenvalue weighted by Gasteiger charge is -2.05. The van der Waals surface area contributed by atoms with Gasteiger partial charge < -0.3 is 9.52 Å². The number of furan rings is 1. The summed E-state index contributed by atoms with van der Waals surface area (Å²) in [6.07, 6.45) is 0. The molecule has 0 radical (unpaired) electrons. The molecule has 0 aliphatic rings. The van der Waals surface area contributed by atoms with Crippen LogP contribution in [0, 0.1) is 13.8 Å². The lowest BCUT2D eigenvalue weighted by Crippen LogP contribution is -2.23. The van der Waals surface area contributed by atoms with E-state index in [-0.39, 0.29) is 29.6 Å². The van der Waals surface area contributed by atoms with Crippen LogP contribution in [0.2, 0.25) is 0 Å². The van der Waals surface area contributed by atoms with Gasteiger partial charge in [0.15, 0.2) is 0 Å². The summed E-state index contributed by atoms with van der Waals surface area (Å²) in [7, 11) is -3.62. The highest BCUT2D eigenvalue weighted by Gasteiger charge is 2.21. The van der Waals surface area contributed by atoms with Crippen molar-refractivity contribution in [1.29, 1.82) is 0 Å². The van der Waals surface area contributed by atoms with Crippen LogP contribution in [0.4, 0.5) is 0 Å². The maximum absolute atomic E-state index is 12.1. The summed E-state index contributed by atoms with van der Waals surface area (Å²) in [6, 6.07) is 1.35. The number of aryl methyl sites for hydroxylation is 2. The molecule has 0 spiro atoms. The lowest BCUT2D eigenvalue weighted by molar-refractivity contribution is 0.244. The van der Waals surface area contributed by atoms with Gasteiger partial charge in [-0.1, -0.05) is 0 Å². The molecule has 2 N–H and O–H groups in total. The number of sulfonamides is 1. The molecule has 104 valence electrons. The number of thiophene rings is 1. The Balaban J connectivity index is 2.18. The number of rotatable bonds is 5. The smallest absolute Gasteiger partial charge is 0.244 e. The van der Waals surface area contributed by atoms with Crippen molar-refractivity contribution in [3.8, 4) is 0 Å². The molecule has 0 aliphatic heterocycles. The zero-order valence-corrected chi connectivity index (χ0v) is 12.3. The highest BCUT2D eigenvalue weighted by molar-refractivity contribution is 7.89. The van der Waals surface area contributed by atoms with Gasteiger partial charge in [0.25, 0.3) is 0 Å². The van der Waals surface area contributed by atoms with Crippen LogP contribution in [0.25, 0.3) is 0 Å². The minimum atomic E-state index is -3.62. The third-order valence-electron chi connectivity index (χ3n) is 2.78. The van der Waals surface area contributed by atoms with Gasteiger partial charge in [0.05, 0.1) is 0 Å². The molecular formula is C12H15NO4S2. The minimum absolute atomic E-state index is 0.0735. The van der Waals surface area contributed by atoms with Crippen molar-refractivity contribution in [1.82, 2.24) is 4.72 Å². The second kappa shape index (κ2) is 5.46. The fourth-order valence-corrected chi connectivity index (χ4v) is 3.75. The van der Waals surface area contributed by atoms with E-state index < -0.39 is 10.0 Å². The third-order valence-corrected chi connectivity index (χ3v) is 5.20. The third kappa shape index (κ3) is 3.06. The predicted octanol–water partition coefficient (Wildman–Crippen LogP) is 1.93. The molecule has 0 saturated heterocycles. The van der Waals surface area contributed by atoms with Crippen molar-refractivity contribution in [2.45, 2.75) is 31.9 Å². The molecular weight excluding hydrogens is 286 g/mol. The van der Waals surface area contributed by atoms with E-state index >= 15 is 0 Å². The Morgan fingerprint density at radius 2 is 2.11 bits per heavy atom. The van der Waals surface area contributed by atoms with E-state index in [2.05, 4.69) is 4.72 Å². The lowest BCUT2D eigenvalue weighted by atomic mass is 10.2. The number of aliphatic hydroxyl groups is 1. The molecule has 7 heteroatoms. The molecule has 2 heterocycles. The molecule has 5 nitrogen and oxygen atoms in total. The average molecular weight is 301 g/mol. The van der Waals surface area contributed by atoms with E-state index in [1.54, 1.807) is 6.92 Å². The molecule has 0 amide bonds. The fourth-order valence-electron chi connectivity index (χ4n) is 1.69. The number of nitrogens with one attached hydrogen (secondary N) is 1. The zero-order chi connectivity index (χ0) is 14.0. The molecule has 0 fully saturated rings. The van der Waals surface area contributed by atoms with Crippen LogP contribution >= 0.6 is 11.3 Å². The molecule has 0 aromatic carbocycles. The molecule has 2 aromatic rings. The quantitative estimate of drug-likeness (QED) is 0.884. The van der Waals surface area contributed by atoms with Gasteiger partial charge in [0.1, 0.15) is 23.0 Å². The molecule has 19 heavy (non-hydrogen) atoms. The largest absolute Gasteiger partial charge is 0.462 e. The Bertz CT molecular complexity index is 670. The topological polar surface area (TPSA) is 79.5 Å². The number of hydrogen-bond donors (Lipinski definition) is 2. The first kappa shape index (κ1) is 14.3. The first-order chi connectivity index (χ1) is 8.94. The first-order valence-electron chi connectivity index (χ1n) is 5.65. The average Bonchev–Trinajstić information content (AvgIpc) is 2.93. The van der Waals surface area contributed by atoms with Crippen molar-refractivity contribution in [3.63, 3.8) is 0 Å². The van der Waals surface area contributed by atoms with Crippen molar-refractivity contribution >= 4 is 21.4 Å². The summed E-state index contributed by atoms with van der Waals surface area (Å²) in [5.74, 6) is 0.517. The van der Waals surface area contributed by atoms with Crippen LogP contribution in [0.5, 0.6) is 0 Å². The summed E-state index contributed by atoms with van der Waals surface area (Å²) >= 11 is 1.54.